The second-order valence-electron chi connectivity index (χ2n) is 7.38. The summed E-state index contributed by atoms with van der Waals surface area (Å²) >= 11 is 0. The number of carbonyl (C=O) groups is 1. The number of nitrogens with one attached hydrogen (secondary N) is 1. The number of amides is 1. The van der Waals surface area contributed by atoms with Crippen LogP contribution in [0.1, 0.15) is 54.7 Å². The van der Waals surface area contributed by atoms with Gasteiger partial charge in [0.2, 0.25) is 5.91 Å². The van der Waals surface area contributed by atoms with E-state index in [2.05, 4.69) is 10.3 Å². The van der Waals surface area contributed by atoms with Crippen LogP contribution in [-0.2, 0) is 21.3 Å². The SMILES string of the molecule is Cc1ccc(NC(=O)C(CC2CCCC2)c2ccc(C[SH](=O)=O)cc2)nc1. The van der Waals surface area contributed by atoms with Crippen LogP contribution >= 0.6 is 0 Å². The molecule has 5 nitrogen and oxygen atoms in total. The lowest BCUT2D eigenvalue weighted by molar-refractivity contribution is -0.118. The predicted molar refractivity (Wildman–Crippen MR) is 107 cm³/mol. The van der Waals surface area contributed by atoms with Crippen molar-refractivity contribution in [2.75, 3.05) is 5.32 Å². The van der Waals surface area contributed by atoms with Gasteiger partial charge in [0.15, 0.2) is 0 Å². The Morgan fingerprint density at radius 1 is 1.15 bits per heavy atom. The molecule has 144 valence electrons. The molecule has 0 aliphatic heterocycles. The number of pyridine rings is 1. The average molecular weight is 387 g/mol. The fraction of sp³-hybridized carbons (Fsp3) is 0.429. The maximum absolute atomic E-state index is 13.0. The molecule has 1 aromatic carbocycles. The van der Waals surface area contributed by atoms with Crippen molar-refractivity contribution in [1.82, 2.24) is 4.98 Å². The molecule has 1 heterocycles. The molecule has 1 fully saturated rings. The fourth-order valence-electron chi connectivity index (χ4n) is 3.73. The summed E-state index contributed by atoms with van der Waals surface area (Å²) in [6.45, 7) is 1.96. The third-order valence-corrected chi connectivity index (χ3v) is 5.84. The summed E-state index contributed by atoms with van der Waals surface area (Å²) in [4.78, 5) is 17.3. The van der Waals surface area contributed by atoms with Crippen LogP contribution in [0.5, 0.6) is 0 Å². The number of hydrogen-bond acceptors (Lipinski definition) is 4. The van der Waals surface area contributed by atoms with E-state index in [0.29, 0.717) is 11.7 Å². The highest BCUT2D eigenvalue weighted by atomic mass is 32.2. The third-order valence-electron chi connectivity index (χ3n) is 5.22. The van der Waals surface area contributed by atoms with E-state index < -0.39 is 10.7 Å². The van der Waals surface area contributed by atoms with Crippen LogP contribution in [0.2, 0.25) is 0 Å². The summed E-state index contributed by atoms with van der Waals surface area (Å²) in [7, 11) is -2.45. The molecule has 1 aliphatic rings. The summed E-state index contributed by atoms with van der Waals surface area (Å²) in [5, 5.41) is 2.94. The highest BCUT2D eigenvalue weighted by molar-refractivity contribution is 7.71. The zero-order chi connectivity index (χ0) is 19.2. The monoisotopic (exact) mass is 386 g/mol. The quantitative estimate of drug-likeness (QED) is 0.710. The van der Waals surface area contributed by atoms with E-state index in [1.165, 1.54) is 25.7 Å². The first-order valence-electron chi connectivity index (χ1n) is 9.45. The van der Waals surface area contributed by atoms with Gasteiger partial charge in [-0.05, 0) is 42.0 Å². The molecule has 0 saturated heterocycles. The van der Waals surface area contributed by atoms with Crippen molar-refractivity contribution in [3.8, 4) is 0 Å². The topological polar surface area (TPSA) is 76.1 Å². The predicted octanol–water partition coefficient (Wildman–Crippen LogP) is 3.80. The van der Waals surface area contributed by atoms with Crippen LogP contribution in [-0.4, -0.2) is 19.3 Å². The number of anilines is 1. The smallest absolute Gasteiger partial charge is 0.233 e. The van der Waals surface area contributed by atoms with E-state index in [1.807, 2.05) is 31.2 Å². The van der Waals surface area contributed by atoms with Gasteiger partial charge in [-0.25, -0.2) is 13.4 Å². The highest BCUT2D eigenvalue weighted by Gasteiger charge is 2.27. The van der Waals surface area contributed by atoms with Gasteiger partial charge in [0.25, 0.3) is 0 Å². The number of hydrogen-bond donors (Lipinski definition) is 2. The van der Waals surface area contributed by atoms with Crippen molar-refractivity contribution < 1.29 is 13.2 Å². The summed E-state index contributed by atoms with van der Waals surface area (Å²) in [6.07, 6.45) is 7.35. The molecule has 1 unspecified atom stereocenters. The number of nitrogens with zero attached hydrogens (tertiary/aromatic N) is 1. The van der Waals surface area contributed by atoms with E-state index in [1.54, 1.807) is 18.3 Å². The van der Waals surface area contributed by atoms with Crippen molar-refractivity contribution in [3.63, 3.8) is 0 Å². The lowest BCUT2D eigenvalue weighted by Crippen LogP contribution is -2.23. The normalized spacial score (nSPS) is 15.8. The van der Waals surface area contributed by atoms with Gasteiger partial charge in [-0.15, -0.1) is 0 Å². The van der Waals surface area contributed by atoms with Gasteiger partial charge in [0.1, 0.15) is 16.5 Å². The number of rotatable bonds is 7. The van der Waals surface area contributed by atoms with Crippen LogP contribution in [0, 0.1) is 12.8 Å². The molecular formula is C21H26N2O3S. The number of carbonyl (C=O) groups excluding carboxylic acids is 1. The highest BCUT2D eigenvalue weighted by Crippen LogP contribution is 2.35. The first-order chi connectivity index (χ1) is 13.0. The average Bonchev–Trinajstić information content (AvgIpc) is 3.15. The van der Waals surface area contributed by atoms with E-state index >= 15 is 0 Å². The van der Waals surface area contributed by atoms with E-state index in [-0.39, 0.29) is 17.6 Å². The number of thiol groups is 1. The standard InChI is InChI=1S/C21H26N2O3S/c1-15-6-11-20(22-13-15)23-21(24)19(12-16-4-2-3-5-16)18-9-7-17(8-10-18)14-27(25)26/h6-11,13,16,19,27H,2-5,12,14H2,1H3,(H,22,23,24). The van der Waals surface area contributed by atoms with Gasteiger partial charge < -0.3 is 5.32 Å². The lowest BCUT2D eigenvalue weighted by atomic mass is 9.87. The van der Waals surface area contributed by atoms with E-state index in [4.69, 9.17) is 0 Å². The Morgan fingerprint density at radius 2 is 1.85 bits per heavy atom. The van der Waals surface area contributed by atoms with Gasteiger partial charge >= 0.3 is 0 Å². The van der Waals surface area contributed by atoms with Gasteiger partial charge in [-0.2, -0.15) is 0 Å². The van der Waals surface area contributed by atoms with Crippen molar-refractivity contribution in [2.24, 2.45) is 5.92 Å². The van der Waals surface area contributed by atoms with Gasteiger partial charge in [-0.1, -0.05) is 56.0 Å². The molecule has 2 aromatic rings. The molecule has 27 heavy (non-hydrogen) atoms. The van der Waals surface area contributed by atoms with Crippen molar-refractivity contribution in [2.45, 2.75) is 50.7 Å². The Bertz CT molecular complexity index is 831. The molecule has 1 aliphatic carbocycles. The largest absolute Gasteiger partial charge is 0.310 e. The molecule has 3 rings (SSSR count). The Morgan fingerprint density at radius 3 is 2.44 bits per heavy atom. The van der Waals surface area contributed by atoms with Crippen LogP contribution < -0.4 is 5.32 Å². The van der Waals surface area contributed by atoms with Gasteiger partial charge in [0, 0.05) is 6.20 Å². The van der Waals surface area contributed by atoms with Crippen LogP contribution in [0.25, 0.3) is 0 Å². The van der Waals surface area contributed by atoms with Crippen molar-refractivity contribution >= 4 is 22.4 Å². The molecule has 1 atom stereocenters. The Labute approximate surface area is 162 Å². The Hall–Kier alpha value is -2.21. The minimum absolute atomic E-state index is 0.0301. The number of benzene rings is 1. The summed E-state index contributed by atoms with van der Waals surface area (Å²) < 4.78 is 21.8. The molecule has 1 amide bonds. The second-order valence-corrected chi connectivity index (χ2v) is 8.36. The van der Waals surface area contributed by atoms with E-state index in [9.17, 15) is 13.2 Å². The maximum atomic E-state index is 13.0. The zero-order valence-electron chi connectivity index (χ0n) is 15.6. The molecular weight excluding hydrogens is 360 g/mol. The minimum atomic E-state index is -2.45. The maximum Gasteiger partial charge on any atom is 0.233 e. The molecule has 0 bridgehead atoms. The van der Waals surface area contributed by atoms with Crippen molar-refractivity contribution in [1.29, 1.82) is 0 Å². The van der Waals surface area contributed by atoms with Gasteiger partial charge in [-0.3, -0.25) is 4.79 Å². The first kappa shape index (κ1) is 19.5. The van der Waals surface area contributed by atoms with Crippen LogP contribution in [0.3, 0.4) is 0 Å². The molecule has 6 heteroatoms. The molecule has 1 N–H and O–H groups in total. The minimum Gasteiger partial charge on any atom is -0.310 e. The molecule has 0 radical (unpaired) electrons. The van der Waals surface area contributed by atoms with Gasteiger partial charge in [0.05, 0.1) is 11.7 Å². The lowest BCUT2D eigenvalue weighted by Gasteiger charge is -2.21. The second kappa shape index (κ2) is 9.13. The molecule has 0 spiro atoms. The first-order valence-corrected chi connectivity index (χ1v) is 10.8. The van der Waals surface area contributed by atoms with E-state index in [0.717, 1.165) is 23.1 Å². The van der Waals surface area contributed by atoms with Crippen molar-refractivity contribution in [3.05, 3.63) is 59.3 Å². The number of aromatic nitrogens is 1. The summed E-state index contributed by atoms with van der Waals surface area (Å²) in [5.74, 6) is 0.833. The van der Waals surface area contributed by atoms with Crippen LogP contribution in [0.4, 0.5) is 5.82 Å². The molecule has 1 aromatic heterocycles. The van der Waals surface area contributed by atoms with Crippen LogP contribution in [0.15, 0.2) is 42.6 Å². The summed E-state index contributed by atoms with van der Waals surface area (Å²) in [5.41, 5.74) is 2.72. The fourth-order valence-corrected chi connectivity index (χ4v) is 4.24. The molecule has 1 saturated carbocycles. The Balaban J connectivity index is 1.78. The zero-order valence-corrected chi connectivity index (χ0v) is 16.5. The third kappa shape index (κ3) is 5.63. The number of aryl methyl sites for hydroxylation is 1. The Kier molecular flexibility index (Phi) is 6.61. The summed E-state index contributed by atoms with van der Waals surface area (Å²) in [6, 6.07) is 11.1.